The average molecular weight is 272 g/mol. The van der Waals surface area contributed by atoms with Crippen LogP contribution < -0.4 is 11.5 Å². The molecule has 0 aliphatic heterocycles. The molecule has 0 amide bonds. The summed E-state index contributed by atoms with van der Waals surface area (Å²) in [4.78, 5) is 0. The molecule has 0 radical (unpaired) electrons. The summed E-state index contributed by atoms with van der Waals surface area (Å²) < 4.78 is 0. The number of rotatable bonds is 0. The fourth-order valence-electron chi connectivity index (χ4n) is 2.86. The highest BCUT2D eigenvalue weighted by Crippen LogP contribution is 2.42. The molecule has 0 aromatic heterocycles. The Morgan fingerprint density at radius 1 is 0.750 bits per heavy atom. The van der Waals surface area contributed by atoms with Crippen molar-refractivity contribution < 1.29 is 0 Å². The molecular weight excluding hydrogens is 244 g/mol. The van der Waals surface area contributed by atoms with Crippen molar-refractivity contribution in [2.24, 2.45) is 34.1 Å². The second kappa shape index (κ2) is 4.54. The monoisotopic (exact) mass is 272 g/mol. The van der Waals surface area contributed by atoms with Crippen LogP contribution in [-0.4, -0.2) is 0 Å². The van der Waals surface area contributed by atoms with Crippen molar-refractivity contribution >= 4 is 0 Å². The van der Waals surface area contributed by atoms with Crippen molar-refractivity contribution in [3.05, 3.63) is 46.8 Å². The van der Waals surface area contributed by atoms with Crippen LogP contribution in [0.25, 0.3) is 0 Å². The molecule has 0 atom stereocenters. The third-order valence-corrected chi connectivity index (χ3v) is 4.22. The predicted molar refractivity (Wildman–Crippen MR) is 86.6 cm³/mol. The molecule has 0 spiro atoms. The quantitative estimate of drug-likeness (QED) is 0.703. The molecule has 0 heterocycles. The molecule has 0 unspecified atom stereocenters. The highest BCUT2D eigenvalue weighted by molar-refractivity contribution is 5.45. The van der Waals surface area contributed by atoms with E-state index in [0.29, 0.717) is 0 Å². The van der Waals surface area contributed by atoms with Gasteiger partial charge in [-0.1, -0.05) is 53.7 Å². The highest BCUT2D eigenvalue weighted by atomic mass is 14.7. The molecular formula is C18H28N2. The second-order valence-electron chi connectivity index (χ2n) is 8.09. The normalized spacial score (nSPS) is 27.1. The third kappa shape index (κ3) is 2.70. The number of hydrogen-bond acceptors (Lipinski definition) is 2. The fraction of sp³-hybridized carbons (Fsp3) is 0.556. The van der Waals surface area contributed by atoms with E-state index in [1.54, 1.807) is 0 Å². The van der Waals surface area contributed by atoms with E-state index in [1.165, 1.54) is 11.1 Å². The Bertz CT molecular complexity index is 483. The first kappa shape index (κ1) is 15.0. The lowest BCUT2D eigenvalue weighted by atomic mass is 9.70. The first-order chi connectivity index (χ1) is 9.00. The van der Waals surface area contributed by atoms with Gasteiger partial charge in [-0.15, -0.1) is 0 Å². The molecule has 2 heteroatoms. The zero-order chi connectivity index (χ0) is 15.3. The summed E-state index contributed by atoms with van der Waals surface area (Å²) in [5, 5.41) is 0. The second-order valence-corrected chi connectivity index (χ2v) is 8.09. The van der Waals surface area contributed by atoms with Gasteiger partial charge in [0.2, 0.25) is 0 Å². The molecule has 0 saturated carbocycles. The highest BCUT2D eigenvalue weighted by Gasteiger charge is 2.34. The van der Waals surface area contributed by atoms with Crippen LogP contribution in [-0.2, 0) is 0 Å². The first-order valence-corrected chi connectivity index (χ1v) is 7.39. The molecule has 20 heavy (non-hydrogen) atoms. The molecule has 2 nitrogen and oxygen atoms in total. The van der Waals surface area contributed by atoms with Gasteiger partial charge >= 0.3 is 0 Å². The number of nitrogens with two attached hydrogens (primary N) is 2. The topological polar surface area (TPSA) is 52.0 Å². The van der Waals surface area contributed by atoms with Gasteiger partial charge in [-0.05, 0) is 34.1 Å². The fourth-order valence-corrected chi connectivity index (χ4v) is 2.86. The van der Waals surface area contributed by atoms with Crippen molar-refractivity contribution in [1.29, 1.82) is 0 Å². The van der Waals surface area contributed by atoms with E-state index in [4.69, 9.17) is 11.5 Å². The lowest BCUT2D eigenvalue weighted by molar-refractivity contribution is 0.466. The summed E-state index contributed by atoms with van der Waals surface area (Å²) in [7, 11) is 0. The van der Waals surface area contributed by atoms with Gasteiger partial charge in [0.15, 0.2) is 0 Å². The Kier molecular flexibility index (Phi) is 3.40. The van der Waals surface area contributed by atoms with Gasteiger partial charge in [0.1, 0.15) is 0 Å². The molecule has 0 aromatic carbocycles. The lowest BCUT2D eigenvalue weighted by Gasteiger charge is -2.37. The summed E-state index contributed by atoms with van der Waals surface area (Å²) in [5.41, 5.74) is 17.2. The predicted octanol–water partition coefficient (Wildman–Crippen LogP) is 3.88. The van der Waals surface area contributed by atoms with Crippen LogP contribution in [0.4, 0.5) is 0 Å². The molecule has 2 rings (SSSR count). The molecule has 2 aliphatic rings. The van der Waals surface area contributed by atoms with Crippen LogP contribution in [0.5, 0.6) is 0 Å². The van der Waals surface area contributed by atoms with Crippen LogP contribution in [0.15, 0.2) is 46.8 Å². The van der Waals surface area contributed by atoms with Crippen LogP contribution in [0, 0.1) is 22.7 Å². The van der Waals surface area contributed by atoms with Crippen molar-refractivity contribution in [2.75, 3.05) is 0 Å². The maximum Gasteiger partial charge on any atom is 0.0478 e. The molecule has 0 bridgehead atoms. The van der Waals surface area contributed by atoms with E-state index in [1.807, 2.05) is 0 Å². The van der Waals surface area contributed by atoms with Crippen molar-refractivity contribution in [3.8, 4) is 0 Å². The van der Waals surface area contributed by atoms with E-state index in [-0.39, 0.29) is 22.7 Å². The van der Waals surface area contributed by atoms with E-state index >= 15 is 0 Å². The molecule has 0 saturated heterocycles. The third-order valence-electron chi connectivity index (χ3n) is 4.22. The van der Waals surface area contributed by atoms with Gasteiger partial charge < -0.3 is 11.5 Å². The molecule has 0 fully saturated rings. The van der Waals surface area contributed by atoms with Gasteiger partial charge in [0.25, 0.3) is 0 Å². The SMILES string of the molecule is CC(C)(C)C1=CC2C=C(C(C)(C)C)C=C(N)C2C(N)=C1. The van der Waals surface area contributed by atoms with Gasteiger partial charge in [-0.25, -0.2) is 0 Å². The van der Waals surface area contributed by atoms with E-state index < -0.39 is 0 Å². The molecule has 0 aromatic rings. The summed E-state index contributed by atoms with van der Waals surface area (Å²) in [6, 6.07) is 0. The zero-order valence-corrected chi connectivity index (χ0v) is 13.6. The minimum atomic E-state index is 0.112. The van der Waals surface area contributed by atoms with Crippen LogP contribution in [0.1, 0.15) is 41.5 Å². The maximum atomic E-state index is 6.29. The Labute approximate surface area is 123 Å². The van der Waals surface area contributed by atoms with Crippen LogP contribution >= 0.6 is 0 Å². The largest absolute Gasteiger partial charge is 0.401 e. The summed E-state index contributed by atoms with van der Waals surface area (Å²) >= 11 is 0. The zero-order valence-electron chi connectivity index (χ0n) is 13.6. The van der Waals surface area contributed by atoms with Gasteiger partial charge in [0.05, 0.1) is 0 Å². The van der Waals surface area contributed by atoms with Gasteiger partial charge in [0, 0.05) is 23.2 Å². The lowest BCUT2D eigenvalue weighted by Crippen LogP contribution is -2.32. The van der Waals surface area contributed by atoms with Gasteiger partial charge in [-0.3, -0.25) is 0 Å². The van der Waals surface area contributed by atoms with Crippen molar-refractivity contribution in [3.63, 3.8) is 0 Å². The van der Waals surface area contributed by atoms with Crippen molar-refractivity contribution in [1.82, 2.24) is 0 Å². The minimum Gasteiger partial charge on any atom is -0.401 e. The van der Waals surface area contributed by atoms with Crippen molar-refractivity contribution in [2.45, 2.75) is 41.5 Å². The van der Waals surface area contributed by atoms with E-state index in [9.17, 15) is 0 Å². The molecule has 4 N–H and O–H groups in total. The smallest absolute Gasteiger partial charge is 0.0478 e. The summed E-state index contributed by atoms with van der Waals surface area (Å²) in [5.74, 6) is 0.417. The Balaban J connectivity index is 2.47. The number of allylic oxidation sites excluding steroid dienone is 6. The molecule has 2 aliphatic carbocycles. The first-order valence-electron chi connectivity index (χ1n) is 7.39. The maximum absolute atomic E-state index is 6.29. The average Bonchev–Trinajstić information content (AvgIpc) is 2.25. The number of hydrogen-bond donors (Lipinski definition) is 2. The Morgan fingerprint density at radius 3 is 1.40 bits per heavy atom. The Morgan fingerprint density at radius 2 is 1.10 bits per heavy atom. The minimum absolute atomic E-state index is 0.112. The molecule has 110 valence electrons. The Hall–Kier alpha value is -1.44. The van der Waals surface area contributed by atoms with Gasteiger partial charge in [-0.2, -0.15) is 0 Å². The summed E-state index contributed by atoms with van der Waals surface area (Å²) in [6.07, 6.45) is 8.90. The van der Waals surface area contributed by atoms with Crippen LogP contribution in [0.2, 0.25) is 0 Å². The van der Waals surface area contributed by atoms with Crippen LogP contribution in [0.3, 0.4) is 0 Å². The summed E-state index contributed by atoms with van der Waals surface area (Å²) in [6.45, 7) is 13.3. The van der Waals surface area contributed by atoms with E-state index in [0.717, 1.165) is 11.4 Å². The number of fused-ring (bicyclic) bond motifs is 1. The van der Waals surface area contributed by atoms with E-state index in [2.05, 4.69) is 65.8 Å². The standard InChI is InChI=1S/C18H28N2/c1-17(2,3)12-7-11-8-13(18(4,5)6)10-15(20)16(11)14(19)9-12/h7-11,16H,19-20H2,1-6H3.